The number of hydrogen-bond acceptors (Lipinski definition) is 2. The number of hydrogen-bond donors (Lipinski definition) is 1. The highest BCUT2D eigenvalue weighted by molar-refractivity contribution is 6.31. The number of benzene rings is 2. The first-order valence-electron chi connectivity index (χ1n) is 6.69. The third-order valence-corrected chi connectivity index (χ3v) is 4.18. The molecular formula is C17H17ClO2. The van der Waals surface area contributed by atoms with E-state index in [0.29, 0.717) is 11.6 Å². The lowest BCUT2D eigenvalue weighted by Crippen LogP contribution is -2.18. The van der Waals surface area contributed by atoms with Crippen LogP contribution in [0.15, 0.2) is 42.5 Å². The number of rotatable bonds is 2. The van der Waals surface area contributed by atoms with Crippen molar-refractivity contribution in [3.8, 4) is 5.75 Å². The lowest BCUT2D eigenvalue weighted by molar-refractivity contribution is 0.220. The summed E-state index contributed by atoms with van der Waals surface area (Å²) >= 11 is 6.16. The van der Waals surface area contributed by atoms with Gasteiger partial charge in [-0.15, -0.1) is 0 Å². The van der Waals surface area contributed by atoms with Crippen LogP contribution >= 0.6 is 11.6 Å². The Hall–Kier alpha value is -1.51. The van der Waals surface area contributed by atoms with E-state index in [1.807, 2.05) is 36.4 Å². The van der Waals surface area contributed by atoms with Crippen LogP contribution in [0.5, 0.6) is 5.75 Å². The van der Waals surface area contributed by atoms with Gasteiger partial charge in [0.15, 0.2) is 0 Å². The van der Waals surface area contributed by atoms with Crippen molar-refractivity contribution in [1.29, 1.82) is 0 Å². The van der Waals surface area contributed by atoms with Crippen molar-refractivity contribution < 1.29 is 9.84 Å². The fourth-order valence-corrected chi connectivity index (χ4v) is 2.82. The first-order chi connectivity index (χ1) is 9.49. The second-order valence-corrected chi connectivity index (χ2v) is 6.26. The number of halogens is 1. The van der Waals surface area contributed by atoms with E-state index < -0.39 is 6.10 Å². The molecule has 3 rings (SSSR count). The maximum absolute atomic E-state index is 10.5. The standard InChI is InChI=1S/C17H17ClO2/c1-17(2)10-20-15-8-7-11(9-13(15)17)16(19)12-5-3-4-6-14(12)18/h3-9,16,19H,10H2,1-2H3. The highest BCUT2D eigenvalue weighted by Crippen LogP contribution is 2.40. The third-order valence-electron chi connectivity index (χ3n) is 3.84. The molecule has 2 aromatic carbocycles. The van der Waals surface area contributed by atoms with E-state index in [1.54, 1.807) is 6.07 Å². The predicted octanol–water partition coefficient (Wildman–Crippen LogP) is 4.09. The molecule has 0 fully saturated rings. The molecule has 2 nitrogen and oxygen atoms in total. The molecule has 20 heavy (non-hydrogen) atoms. The average molecular weight is 289 g/mol. The SMILES string of the molecule is CC1(C)COc2ccc(C(O)c3ccccc3Cl)cc21. The highest BCUT2D eigenvalue weighted by Gasteiger charge is 2.32. The molecule has 3 heteroatoms. The molecule has 0 aromatic heterocycles. The summed E-state index contributed by atoms with van der Waals surface area (Å²) in [6, 6.07) is 13.2. The maximum atomic E-state index is 10.5. The van der Waals surface area contributed by atoms with Crippen LogP contribution in [0.2, 0.25) is 5.02 Å². The molecule has 1 unspecified atom stereocenters. The first kappa shape index (κ1) is 13.5. The summed E-state index contributed by atoms with van der Waals surface area (Å²) in [5.74, 6) is 0.908. The van der Waals surface area contributed by atoms with Crippen LogP contribution in [-0.4, -0.2) is 11.7 Å². The van der Waals surface area contributed by atoms with Crippen LogP contribution in [-0.2, 0) is 5.41 Å². The fourth-order valence-electron chi connectivity index (χ4n) is 2.58. The van der Waals surface area contributed by atoms with Crippen molar-refractivity contribution in [2.75, 3.05) is 6.61 Å². The van der Waals surface area contributed by atoms with E-state index in [0.717, 1.165) is 22.4 Å². The zero-order valence-electron chi connectivity index (χ0n) is 11.6. The summed E-state index contributed by atoms with van der Waals surface area (Å²) < 4.78 is 5.67. The van der Waals surface area contributed by atoms with Gasteiger partial charge in [-0.25, -0.2) is 0 Å². The van der Waals surface area contributed by atoms with Crippen LogP contribution in [0, 0.1) is 0 Å². The molecule has 1 heterocycles. The second kappa shape index (κ2) is 4.80. The van der Waals surface area contributed by atoms with Gasteiger partial charge < -0.3 is 9.84 Å². The molecule has 0 aliphatic carbocycles. The molecule has 0 amide bonds. The Morgan fingerprint density at radius 2 is 1.95 bits per heavy atom. The van der Waals surface area contributed by atoms with Crippen molar-refractivity contribution in [3.05, 3.63) is 64.2 Å². The molecule has 0 spiro atoms. The third kappa shape index (κ3) is 2.19. The summed E-state index contributed by atoms with van der Waals surface area (Å²) in [4.78, 5) is 0. The molecule has 2 aromatic rings. The molecular weight excluding hydrogens is 272 g/mol. The minimum absolute atomic E-state index is 0.0223. The molecule has 1 atom stereocenters. The number of ether oxygens (including phenoxy) is 1. The van der Waals surface area contributed by atoms with Gasteiger partial charge in [0.2, 0.25) is 0 Å². The number of aliphatic hydroxyl groups is 1. The molecule has 0 saturated carbocycles. The van der Waals surface area contributed by atoms with Crippen molar-refractivity contribution in [2.45, 2.75) is 25.4 Å². The topological polar surface area (TPSA) is 29.5 Å². The van der Waals surface area contributed by atoms with Gasteiger partial charge in [-0.1, -0.05) is 49.7 Å². The molecule has 1 aliphatic rings. The number of aliphatic hydroxyl groups excluding tert-OH is 1. The van der Waals surface area contributed by atoms with E-state index in [-0.39, 0.29) is 5.41 Å². The average Bonchev–Trinajstić information content (AvgIpc) is 2.74. The molecule has 1 aliphatic heterocycles. The lowest BCUT2D eigenvalue weighted by Gasteiger charge is -2.18. The molecule has 1 N–H and O–H groups in total. The van der Waals surface area contributed by atoms with Gasteiger partial charge in [-0.2, -0.15) is 0 Å². The minimum atomic E-state index is -0.717. The van der Waals surface area contributed by atoms with Gasteiger partial charge in [0.1, 0.15) is 11.9 Å². The predicted molar refractivity (Wildman–Crippen MR) is 80.5 cm³/mol. The van der Waals surface area contributed by atoms with Gasteiger partial charge >= 0.3 is 0 Å². The van der Waals surface area contributed by atoms with Gasteiger partial charge in [0, 0.05) is 21.6 Å². The molecule has 0 radical (unpaired) electrons. The van der Waals surface area contributed by atoms with Gasteiger partial charge in [0.25, 0.3) is 0 Å². The Labute approximate surface area is 124 Å². The van der Waals surface area contributed by atoms with Crippen molar-refractivity contribution in [1.82, 2.24) is 0 Å². The van der Waals surface area contributed by atoms with Gasteiger partial charge in [0.05, 0.1) is 6.61 Å². The van der Waals surface area contributed by atoms with Crippen LogP contribution < -0.4 is 4.74 Å². The van der Waals surface area contributed by atoms with Gasteiger partial charge in [-0.3, -0.25) is 0 Å². The fraction of sp³-hybridized carbons (Fsp3) is 0.294. The van der Waals surface area contributed by atoms with Crippen molar-refractivity contribution in [2.24, 2.45) is 0 Å². The summed E-state index contributed by atoms with van der Waals surface area (Å²) in [6.45, 7) is 4.96. The normalized spacial score (nSPS) is 17.4. The Morgan fingerprint density at radius 3 is 2.70 bits per heavy atom. The van der Waals surface area contributed by atoms with E-state index in [4.69, 9.17) is 16.3 Å². The molecule has 0 saturated heterocycles. The van der Waals surface area contributed by atoms with Crippen LogP contribution in [0.3, 0.4) is 0 Å². The minimum Gasteiger partial charge on any atom is -0.492 e. The maximum Gasteiger partial charge on any atom is 0.123 e. The van der Waals surface area contributed by atoms with Crippen molar-refractivity contribution >= 4 is 11.6 Å². The Kier molecular flexibility index (Phi) is 3.23. The Morgan fingerprint density at radius 1 is 1.20 bits per heavy atom. The lowest BCUT2D eigenvalue weighted by atomic mass is 9.85. The number of fused-ring (bicyclic) bond motifs is 1. The zero-order chi connectivity index (χ0) is 14.3. The quantitative estimate of drug-likeness (QED) is 0.902. The van der Waals surface area contributed by atoms with E-state index in [9.17, 15) is 5.11 Å². The van der Waals surface area contributed by atoms with Crippen LogP contribution in [0.1, 0.15) is 36.6 Å². The molecule has 104 valence electrons. The van der Waals surface area contributed by atoms with Crippen molar-refractivity contribution in [3.63, 3.8) is 0 Å². The zero-order valence-corrected chi connectivity index (χ0v) is 12.3. The summed E-state index contributed by atoms with van der Waals surface area (Å²) in [5.41, 5.74) is 2.69. The van der Waals surface area contributed by atoms with E-state index in [1.165, 1.54) is 0 Å². The molecule has 0 bridgehead atoms. The van der Waals surface area contributed by atoms with Gasteiger partial charge in [-0.05, 0) is 23.8 Å². The van der Waals surface area contributed by atoms with Crippen LogP contribution in [0.25, 0.3) is 0 Å². The largest absolute Gasteiger partial charge is 0.492 e. The smallest absolute Gasteiger partial charge is 0.123 e. The van der Waals surface area contributed by atoms with E-state index >= 15 is 0 Å². The summed E-state index contributed by atoms with van der Waals surface area (Å²) in [6.07, 6.45) is -0.717. The van der Waals surface area contributed by atoms with Crippen LogP contribution in [0.4, 0.5) is 0 Å². The second-order valence-electron chi connectivity index (χ2n) is 5.85. The monoisotopic (exact) mass is 288 g/mol. The Balaban J connectivity index is 2.02. The first-order valence-corrected chi connectivity index (χ1v) is 7.06. The highest BCUT2D eigenvalue weighted by atomic mass is 35.5. The summed E-state index contributed by atoms with van der Waals surface area (Å²) in [5, 5.41) is 11.1. The van der Waals surface area contributed by atoms with E-state index in [2.05, 4.69) is 13.8 Å². The summed E-state index contributed by atoms with van der Waals surface area (Å²) in [7, 11) is 0. The Bertz CT molecular complexity index is 649.